The van der Waals surface area contributed by atoms with Crippen LogP contribution in [0, 0.1) is 11.3 Å². The van der Waals surface area contributed by atoms with Crippen LogP contribution in [0.4, 0.5) is 10.5 Å². The summed E-state index contributed by atoms with van der Waals surface area (Å²) in [7, 11) is 0. The molecular formula is C24H24N4O2S. The van der Waals surface area contributed by atoms with E-state index >= 15 is 0 Å². The molecule has 2 aromatic carbocycles. The molecule has 1 spiro atoms. The first kappa shape index (κ1) is 21.0. The fourth-order valence-corrected chi connectivity index (χ4v) is 5.51. The summed E-state index contributed by atoms with van der Waals surface area (Å²) in [4.78, 5) is 29.1. The van der Waals surface area contributed by atoms with E-state index < -0.39 is 0 Å². The number of nitrogens with one attached hydrogen (secondary N) is 1. The molecule has 1 N–H and O–H groups in total. The number of piperidine rings is 1. The average molecular weight is 433 g/mol. The minimum absolute atomic E-state index is 0.0318. The van der Waals surface area contributed by atoms with Gasteiger partial charge in [0, 0.05) is 37.2 Å². The van der Waals surface area contributed by atoms with Gasteiger partial charge in [-0.3, -0.25) is 4.79 Å². The van der Waals surface area contributed by atoms with Crippen molar-refractivity contribution in [3.63, 3.8) is 0 Å². The first-order chi connectivity index (χ1) is 15.1. The maximum Gasteiger partial charge on any atom is 0.321 e. The summed E-state index contributed by atoms with van der Waals surface area (Å²) in [5.41, 5.74) is 2.23. The lowest BCUT2D eigenvalue weighted by molar-refractivity contribution is -0.129. The number of likely N-dealkylation sites (tertiary alicyclic amines) is 1. The van der Waals surface area contributed by atoms with Gasteiger partial charge in [0.25, 0.3) is 0 Å². The molecule has 31 heavy (non-hydrogen) atoms. The first-order valence-corrected chi connectivity index (χ1v) is 11.3. The van der Waals surface area contributed by atoms with Crippen LogP contribution in [0.5, 0.6) is 0 Å². The number of carbonyl (C=O) groups is 2. The van der Waals surface area contributed by atoms with Crippen LogP contribution in [0.15, 0.2) is 60.7 Å². The van der Waals surface area contributed by atoms with E-state index in [4.69, 9.17) is 5.26 Å². The molecular weight excluding hydrogens is 408 g/mol. The Morgan fingerprint density at radius 2 is 1.74 bits per heavy atom. The van der Waals surface area contributed by atoms with Crippen LogP contribution in [0.3, 0.4) is 0 Å². The van der Waals surface area contributed by atoms with E-state index in [1.807, 2.05) is 53.1 Å². The van der Waals surface area contributed by atoms with Crippen LogP contribution in [0.25, 0.3) is 6.08 Å². The smallest absolute Gasteiger partial charge is 0.321 e. The van der Waals surface area contributed by atoms with Gasteiger partial charge in [-0.1, -0.05) is 30.3 Å². The van der Waals surface area contributed by atoms with Crippen molar-refractivity contribution in [2.24, 2.45) is 0 Å². The van der Waals surface area contributed by atoms with Crippen LogP contribution < -0.4 is 5.32 Å². The zero-order valence-electron chi connectivity index (χ0n) is 17.2. The summed E-state index contributed by atoms with van der Waals surface area (Å²) >= 11 is 1.83. The largest absolute Gasteiger partial charge is 0.324 e. The summed E-state index contributed by atoms with van der Waals surface area (Å²) in [6, 6.07) is 18.6. The third-order valence-corrected chi connectivity index (χ3v) is 7.31. The van der Waals surface area contributed by atoms with Crippen LogP contribution in [-0.4, -0.2) is 52.0 Å². The first-order valence-electron chi connectivity index (χ1n) is 10.3. The van der Waals surface area contributed by atoms with E-state index in [-0.39, 0.29) is 16.8 Å². The topological polar surface area (TPSA) is 76.4 Å². The highest BCUT2D eigenvalue weighted by Crippen LogP contribution is 2.44. The summed E-state index contributed by atoms with van der Waals surface area (Å²) in [6.45, 7) is 1.93. The van der Waals surface area contributed by atoms with E-state index in [1.165, 1.54) is 0 Å². The molecule has 2 fully saturated rings. The number of hydrogen-bond donors (Lipinski definition) is 1. The highest BCUT2D eigenvalue weighted by atomic mass is 32.2. The predicted octanol–water partition coefficient (Wildman–Crippen LogP) is 4.17. The Kier molecular flexibility index (Phi) is 6.28. The zero-order chi connectivity index (χ0) is 21.7. The molecule has 0 bridgehead atoms. The minimum Gasteiger partial charge on any atom is -0.324 e. The highest BCUT2D eigenvalue weighted by molar-refractivity contribution is 8.00. The van der Waals surface area contributed by atoms with Crippen LogP contribution >= 0.6 is 11.8 Å². The molecule has 0 atom stereocenters. The average Bonchev–Trinajstić information content (AvgIpc) is 3.22. The summed E-state index contributed by atoms with van der Waals surface area (Å²) in [5, 5.41) is 11.8. The molecule has 0 aromatic heterocycles. The van der Waals surface area contributed by atoms with Crippen molar-refractivity contribution < 1.29 is 9.59 Å². The van der Waals surface area contributed by atoms with Crippen molar-refractivity contribution in [3.8, 4) is 6.07 Å². The van der Waals surface area contributed by atoms with Gasteiger partial charge in [-0.2, -0.15) is 5.26 Å². The number of anilines is 1. The van der Waals surface area contributed by atoms with Crippen molar-refractivity contribution in [3.05, 3.63) is 71.8 Å². The Morgan fingerprint density at radius 1 is 1.03 bits per heavy atom. The number of nitriles is 1. The van der Waals surface area contributed by atoms with Crippen molar-refractivity contribution in [2.45, 2.75) is 17.7 Å². The Hall–Kier alpha value is -3.24. The number of amides is 3. The van der Waals surface area contributed by atoms with E-state index in [0.717, 1.165) is 30.7 Å². The fourth-order valence-electron chi connectivity index (χ4n) is 4.05. The molecule has 2 aliphatic rings. The molecule has 4 rings (SSSR count). The number of rotatable bonds is 3. The van der Waals surface area contributed by atoms with Gasteiger partial charge in [0.1, 0.15) is 0 Å². The number of nitrogens with zero attached hydrogens (tertiary/aromatic N) is 3. The molecule has 7 heteroatoms. The third-order valence-electron chi connectivity index (χ3n) is 5.76. The molecule has 2 heterocycles. The molecule has 158 valence electrons. The van der Waals surface area contributed by atoms with Gasteiger partial charge in [0.2, 0.25) is 5.91 Å². The number of thioether (sulfide) groups is 1. The van der Waals surface area contributed by atoms with Gasteiger partial charge in [0.15, 0.2) is 0 Å². The van der Waals surface area contributed by atoms with Gasteiger partial charge in [-0.25, -0.2) is 4.79 Å². The van der Waals surface area contributed by atoms with Crippen molar-refractivity contribution in [1.82, 2.24) is 9.80 Å². The van der Waals surface area contributed by atoms with Gasteiger partial charge >= 0.3 is 6.03 Å². The third kappa shape index (κ3) is 4.75. The van der Waals surface area contributed by atoms with Gasteiger partial charge in [-0.05, 0) is 48.7 Å². The Bertz CT molecular complexity index is 1010. The molecule has 2 saturated heterocycles. The molecule has 6 nitrogen and oxygen atoms in total. The zero-order valence-corrected chi connectivity index (χ0v) is 18.0. The van der Waals surface area contributed by atoms with E-state index in [0.29, 0.717) is 24.3 Å². The SMILES string of the molecule is N#Cc1ccc(NC(=O)N2CCC3(CC2)SCCN3C(=O)C=Cc2ccccc2)cc1. The second kappa shape index (κ2) is 9.27. The van der Waals surface area contributed by atoms with E-state index in [1.54, 1.807) is 35.2 Å². The van der Waals surface area contributed by atoms with Crippen molar-refractivity contribution in [1.29, 1.82) is 5.26 Å². The van der Waals surface area contributed by atoms with Crippen LogP contribution in [-0.2, 0) is 4.79 Å². The number of benzene rings is 2. The lowest BCUT2D eigenvalue weighted by Crippen LogP contribution is -2.53. The summed E-state index contributed by atoms with van der Waals surface area (Å²) in [5.74, 6) is 0.951. The second-order valence-electron chi connectivity index (χ2n) is 7.63. The second-order valence-corrected chi connectivity index (χ2v) is 9.09. The van der Waals surface area contributed by atoms with Gasteiger partial charge < -0.3 is 15.1 Å². The molecule has 2 aromatic rings. The number of urea groups is 1. The quantitative estimate of drug-likeness (QED) is 0.739. The summed E-state index contributed by atoms with van der Waals surface area (Å²) < 4.78 is 0. The fraction of sp³-hybridized carbons (Fsp3) is 0.292. The standard InChI is InChI=1S/C24H24N4O2S/c25-18-20-6-9-21(10-7-20)26-23(30)27-14-12-24(13-15-27)28(16-17-31-24)22(29)11-8-19-4-2-1-3-5-19/h1-11H,12-17H2,(H,26,30). The van der Waals surface area contributed by atoms with E-state index in [9.17, 15) is 9.59 Å². The monoisotopic (exact) mass is 432 g/mol. The predicted molar refractivity (Wildman–Crippen MR) is 123 cm³/mol. The number of carbonyl (C=O) groups excluding carboxylic acids is 2. The lowest BCUT2D eigenvalue weighted by atomic mass is 10.0. The van der Waals surface area contributed by atoms with Crippen molar-refractivity contribution >= 4 is 35.5 Å². The summed E-state index contributed by atoms with van der Waals surface area (Å²) in [6.07, 6.45) is 5.03. The Morgan fingerprint density at radius 3 is 2.42 bits per heavy atom. The molecule has 0 aliphatic carbocycles. The maximum atomic E-state index is 12.9. The molecule has 2 aliphatic heterocycles. The highest BCUT2D eigenvalue weighted by Gasteiger charge is 2.46. The lowest BCUT2D eigenvalue weighted by Gasteiger charge is -2.43. The van der Waals surface area contributed by atoms with Crippen LogP contribution in [0.1, 0.15) is 24.0 Å². The van der Waals surface area contributed by atoms with E-state index in [2.05, 4.69) is 11.4 Å². The Balaban J connectivity index is 1.35. The number of hydrogen-bond acceptors (Lipinski definition) is 4. The molecule has 0 radical (unpaired) electrons. The maximum absolute atomic E-state index is 12.9. The molecule has 3 amide bonds. The Labute approximate surface area is 186 Å². The molecule has 0 saturated carbocycles. The van der Waals surface area contributed by atoms with Crippen LogP contribution in [0.2, 0.25) is 0 Å². The van der Waals surface area contributed by atoms with Gasteiger partial charge in [0.05, 0.1) is 16.5 Å². The molecule has 0 unspecified atom stereocenters. The minimum atomic E-state index is -0.233. The van der Waals surface area contributed by atoms with Gasteiger partial charge in [-0.15, -0.1) is 11.8 Å². The van der Waals surface area contributed by atoms with Crippen molar-refractivity contribution in [2.75, 3.05) is 30.7 Å². The normalized spacial score (nSPS) is 17.6.